The third-order valence-corrected chi connectivity index (χ3v) is 5.83. The summed E-state index contributed by atoms with van der Waals surface area (Å²) in [6.45, 7) is 3.76. The van der Waals surface area contributed by atoms with Crippen molar-refractivity contribution in [3.05, 3.63) is 87.3 Å². The molecule has 0 spiro atoms. The zero-order valence-corrected chi connectivity index (χ0v) is 18.8. The number of allylic oxidation sites excluding steroid dienone is 1. The lowest BCUT2D eigenvalue weighted by Crippen LogP contribution is -2.31. The van der Waals surface area contributed by atoms with Crippen LogP contribution in [0.4, 0.5) is 5.82 Å². The lowest BCUT2D eigenvalue weighted by atomic mass is 9.82. The molecule has 0 saturated heterocycles. The SMILES string of the molecule is CCSc1nc2c(c(=O)[nH]1)C(c1cccc(Oc3ccccc3)c1)C(C(=O)OC)=C(C)N2. The summed E-state index contributed by atoms with van der Waals surface area (Å²) >= 11 is 1.44. The Morgan fingerprint density at radius 3 is 2.59 bits per heavy atom. The maximum atomic E-state index is 13.1. The standard InChI is InChI=1S/C24H23N3O4S/c1-4-32-24-26-21-20(22(28)27-24)19(18(14(2)25-21)23(29)30-3)15-9-8-12-17(13-15)31-16-10-6-5-7-11-16/h5-13,19H,4H2,1-3H3,(H2,25,26,27,28). The van der Waals surface area contributed by atoms with Crippen molar-refractivity contribution in [1.29, 1.82) is 0 Å². The van der Waals surface area contributed by atoms with Gasteiger partial charge in [-0.1, -0.05) is 49.0 Å². The van der Waals surface area contributed by atoms with Crippen molar-refractivity contribution in [3.63, 3.8) is 0 Å². The number of hydrogen-bond donors (Lipinski definition) is 2. The van der Waals surface area contributed by atoms with Gasteiger partial charge in [-0.25, -0.2) is 9.78 Å². The van der Waals surface area contributed by atoms with Gasteiger partial charge in [0.05, 0.1) is 24.2 Å². The molecule has 0 bridgehead atoms. The molecule has 7 nitrogen and oxygen atoms in total. The second-order valence-electron chi connectivity index (χ2n) is 7.14. The number of aromatic amines is 1. The Balaban J connectivity index is 1.85. The largest absolute Gasteiger partial charge is 0.466 e. The van der Waals surface area contributed by atoms with Crippen LogP contribution in [0.25, 0.3) is 0 Å². The number of rotatable bonds is 6. The molecule has 2 N–H and O–H groups in total. The average molecular weight is 450 g/mol. The highest BCUT2D eigenvalue weighted by Crippen LogP contribution is 2.41. The summed E-state index contributed by atoms with van der Waals surface area (Å²) in [5, 5.41) is 3.65. The first-order valence-electron chi connectivity index (χ1n) is 10.2. The van der Waals surface area contributed by atoms with E-state index in [1.807, 2.05) is 61.5 Å². The molecule has 1 aliphatic rings. The van der Waals surface area contributed by atoms with Gasteiger partial charge in [0.25, 0.3) is 5.56 Å². The van der Waals surface area contributed by atoms with Gasteiger partial charge in [0.15, 0.2) is 5.16 Å². The van der Waals surface area contributed by atoms with E-state index in [-0.39, 0.29) is 5.56 Å². The van der Waals surface area contributed by atoms with Gasteiger partial charge in [-0.15, -0.1) is 0 Å². The van der Waals surface area contributed by atoms with Gasteiger partial charge in [-0.3, -0.25) is 4.79 Å². The Morgan fingerprint density at radius 1 is 1.12 bits per heavy atom. The Labute approximate surface area is 189 Å². The second kappa shape index (κ2) is 9.32. The summed E-state index contributed by atoms with van der Waals surface area (Å²) in [5.41, 5.74) is 1.75. The number of benzene rings is 2. The van der Waals surface area contributed by atoms with Crippen LogP contribution in [-0.2, 0) is 9.53 Å². The van der Waals surface area contributed by atoms with E-state index in [0.29, 0.717) is 39.3 Å². The Bertz CT molecular complexity index is 1240. The van der Waals surface area contributed by atoms with E-state index in [1.165, 1.54) is 18.9 Å². The van der Waals surface area contributed by atoms with Gasteiger partial charge in [-0.2, -0.15) is 0 Å². The topological polar surface area (TPSA) is 93.3 Å². The average Bonchev–Trinajstić information content (AvgIpc) is 2.78. The van der Waals surface area contributed by atoms with Crippen molar-refractivity contribution in [2.45, 2.75) is 24.9 Å². The van der Waals surface area contributed by atoms with Gasteiger partial charge in [-0.05, 0) is 42.5 Å². The maximum absolute atomic E-state index is 13.1. The number of ether oxygens (including phenoxy) is 2. The lowest BCUT2D eigenvalue weighted by Gasteiger charge is -2.28. The van der Waals surface area contributed by atoms with Crippen LogP contribution in [0.5, 0.6) is 11.5 Å². The summed E-state index contributed by atoms with van der Waals surface area (Å²) in [5.74, 6) is 1.33. The Hall–Kier alpha value is -3.52. The number of fused-ring (bicyclic) bond motifs is 1. The number of esters is 1. The molecular formula is C24H23N3O4S. The predicted octanol–water partition coefficient (Wildman–Crippen LogP) is 4.68. The number of carbonyl (C=O) groups is 1. The summed E-state index contributed by atoms with van der Waals surface area (Å²) < 4.78 is 11.0. The van der Waals surface area contributed by atoms with E-state index in [9.17, 15) is 9.59 Å². The van der Waals surface area contributed by atoms with Crippen LogP contribution in [0.1, 0.15) is 30.9 Å². The van der Waals surface area contributed by atoms with Crippen LogP contribution in [0.3, 0.4) is 0 Å². The van der Waals surface area contributed by atoms with Crippen LogP contribution in [0, 0.1) is 0 Å². The molecule has 3 aromatic rings. The maximum Gasteiger partial charge on any atom is 0.336 e. The molecule has 0 saturated carbocycles. The Morgan fingerprint density at radius 2 is 1.88 bits per heavy atom. The molecule has 1 aliphatic heterocycles. The highest BCUT2D eigenvalue weighted by Gasteiger charge is 2.36. The smallest absolute Gasteiger partial charge is 0.336 e. The predicted molar refractivity (Wildman–Crippen MR) is 124 cm³/mol. The molecule has 0 amide bonds. The minimum Gasteiger partial charge on any atom is -0.466 e. The lowest BCUT2D eigenvalue weighted by molar-refractivity contribution is -0.136. The van der Waals surface area contributed by atoms with E-state index in [1.54, 1.807) is 6.92 Å². The number of nitrogens with zero attached hydrogens (tertiary/aromatic N) is 1. The molecule has 2 heterocycles. The molecule has 1 unspecified atom stereocenters. The number of methoxy groups -OCH3 is 1. The molecule has 4 rings (SSSR count). The molecule has 0 radical (unpaired) electrons. The normalized spacial score (nSPS) is 15.0. The molecule has 32 heavy (non-hydrogen) atoms. The number of H-pyrrole nitrogens is 1. The van der Waals surface area contributed by atoms with Crippen LogP contribution < -0.4 is 15.6 Å². The zero-order valence-electron chi connectivity index (χ0n) is 18.0. The molecule has 1 atom stereocenters. The summed E-state index contributed by atoms with van der Waals surface area (Å²) in [7, 11) is 1.33. The zero-order chi connectivity index (χ0) is 22.7. The van der Waals surface area contributed by atoms with Crippen molar-refractivity contribution in [1.82, 2.24) is 9.97 Å². The molecule has 0 fully saturated rings. The van der Waals surface area contributed by atoms with Crippen LogP contribution in [0.2, 0.25) is 0 Å². The molecule has 0 aliphatic carbocycles. The number of hydrogen-bond acceptors (Lipinski definition) is 7. The van der Waals surface area contributed by atoms with Crippen LogP contribution in [-0.4, -0.2) is 28.8 Å². The molecular weight excluding hydrogens is 426 g/mol. The third kappa shape index (κ3) is 4.27. The Kier molecular flexibility index (Phi) is 6.32. The van der Waals surface area contributed by atoms with Crippen LogP contribution >= 0.6 is 11.8 Å². The fourth-order valence-electron chi connectivity index (χ4n) is 3.73. The molecule has 8 heteroatoms. The highest BCUT2D eigenvalue weighted by atomic mass is 32.2. The number of nitrogens with one attached hydrogen (secondary N) is 2. The third-order valence-electron chi connectivity index (χ3n) is 5.08. The fourth-order valence-corrected chi connectivity index (χ4v) is 4.33. The highest BCUT2D eigenvalue weighted by molar-refractivity contribution is 7.99. The minimum absolute atomic E-state index is 0.299. The van der Waals surface area contributed by atoms with Gasteiger partial charge >= 0.3 is 5.97 Å². The van der Waals surface area contributed by atoms with E-state index in [2.05, 4.69) is 15.3 Å². The van der Waals surface area contributed by atoms with E-state index in [4.69, 9.17) is 9.47 Å². The second-order valence-corrected chi connectivity index (χ2v) is 8.39. The molecule has 2 aromatic carbocycles. The minimum atomic E-state index is -0.657. The van der Waals surface area contributed by atoms with E-state index in [0.717, 1.165) is 11.3 Å². The first-order chi connectivity index (χ1) is 15.5. The first-order valence-corrected chi connectivity index (χ1v) is 11.2. The summed E-state index contributed by atoms with van der Waals surface area (Å²) in [6.07, 6.45) is 0. The van der Waals surface area contributed by atoms with Gasteiger partial charge < -0.3 is 19.8 Å². The summed E-state index contributed by atoms with van der Waals surface area (Å²) in [6, 6.07) is 16.8. The van der Waals surface area contributed by atoms with E-state index >= 15 is 0 Å². The number of thioether (sulfide) groups is 1. The van der Waals surface area contributed by atoms with Gasteiger partial charge in [0.1, 0.15) is 17.3 Å². The van der Waals surface area contributed by atoms with Crippen LogP contribution in [0.15, 0.2) is 75.8 Å². The van der Waals surface area contributed by atoms with Crippen molar-refractivity contribution in [3.8, 4) is 11.5 Å². The first kappa shape index (κ1) is 21.7. The number of carbonyl (C=O) groups excluding carboxylic acids is 1. The van der Waals surface area contributed by atoms with Crippen molar-refractivity contribution in [2.75, 3.05) is 18.2 Å². The van der Waals surface area contributed by atoms with Crippen molar-refractivity contribution < 1.29 is 14.3 Å². The van der Waals surface area contributed by atoms with Gasteiger partial charge in [0, 0.05) is 5.70 Å². The summed E-state index contributed by atoms with van der Waals surface area (Å²) in [4.78, 5) is 33.3. The monoisotopic (exact) mass is 449 g/mol. The van der Waals surface area contributed by atoms with E-state index < -0.39 is 11.9 Å². The van der Waals surface area contributed by atoms with Gasteiger partial charge in [0.2, 0.25) is 0 Å². The van der Waals surface area contributed by atoms with Crippen molar-refractivity contribution >= 4 is 23.5 Å². The van der Waals surface area contributed by atoms with Crippen molar-refractivity contribution in [2.24, 2.45) is 0 Å². The fraction of sp³-hybridized carbons (Fsp3) is 0.208. The molecule has 164 valence electrons. The quantitative estimate of drug-likeness (QED) is 0.321. The number of para-hydroxylation sites is 1. The number of anilines is 1. The number of aromatic nitrogens is 2. The molecule has 1 aromatic heterocycles.